The van der Waals surface area contributed by atoms with Gasteiger partial charge in [-0.1, -0.05) is 31.4 Å². The van der Waals surface area contributed by atoms with E-state index in [0.717, 1.165) is 25.7 Å². The van der Waals surface area contributed by atoms with E-state index in [1.165, 1.54) is 6.42 Å². The summed E-state index contributed by atoms with van der Waals surface area (Å²) in [6, 6.07) is 7.27. The Morgan fingerprint density at radius 2 is 1.75 bits per heavy atom. The first-order chi connectivity index (χ1) is 13.2. The van der Waals surface area contributed by atoms with Crippen molar-refractivity contribution in [2.45, 2.75) is 70.9 Å². The summed E-state index contributed by atoms with van der Waals surface area (Å²) in [6.07, 6.45) is 5.86. The maximum absolute atomic E-state index is 12.8. The van der Waals surface area contributed by atoms with Gasteiger partial charge in [0.15, 0.2) is 0 Å². The van der Waals surface area contributed by atoms with Crippen LogP contribution in [-0.2, 0) is 9.59 Å². The minimum absolute atomic E-state index is 0.0748. The highest BCUT2D eigenvalue weighted by Gasteiger charge is 2.38. The summed E-state index contributed by atoms with van der Waals surface area (Å²) in [5, 5.41) is 5.81. The molecule has 6 heteroatoms. The maximum Gasteiger partial charge on any atom is 0.253 e. The number of nitrogens with zero attached hydrogens (tertiary/aromatic N) is 1. The third kappa shape index (κ3) is 4.91. The van der Waals surface area contributed by atoms with Crippen molar-refractivity contribution < 1.29 is 14.4 Å². The van der Waals surface area contributed by atoms with E-state index >= 15 is 0 Å². The second-order valence-electron chi connectivity index (χ2n) is 8.98. The van der Waals surface area contributed by atoms with Crippen molar-refractivity contribution in [3.63, 3.8) is 0 Å². The van der Waals surface area contributed by atoms with Crippen LogP contribution in [0.1, 0.15) is 69.7 Å². The van der Waals surface area contributed by atoms with Crippen molar-refractivity contribution in [3.8, 4) is 0 Å². The molecule has 2 aliphatic rings. The molecule has 28 heavy (non-hydrogen) atoms. The summed E-state index contributed by atoms with van der Waals surface area (Å²) >= 11 is 0. The van der Waals surface area contributed by atoms with E-state index < -0.39 is 0 Å². The number of para-hydroxylation sites is 1. The van der Waals surface area contributed by atoms with Crippen molar-refractivity contribution in [1.82, 2.24) is 10.2 Å². The van der Waals surface area contributed by atoms with Crippen LogP contribution in [0.3, 0.4) is 0 Å². The zero-order valence-electron chi connectivity index (χ0n) is 17.1. The number of amides is 3. The summed E-state index contributed by atoms with van der Waals surface area (Å²) in [5.74, 6) is -0.712. The normalized spacial score (nSPS) is 20.9. The Morgan fingerprint density at radius 1 is 1.07 bits per heavy atom. The molecule has 1 aromatic rings. The van der Waals surface area contributed by atoms with Crippen molar-refractivity contribution >= 4 is 23.4 Å². The van der Waals surface area contributed by atoms with Gasteiger partial charge in [0, 0.05) is 24.5 Å². The van der Waals surface area contributed by atoms with Gasteiger partial charge in [-0.3, -0.25) is 14.4 Å². The van der Waals surface area contributed by atoms with E-state index in [9.17, 15) is 14.4 Å². The molecule has 0 spiro atoms. The SMILES string of the molecule is CC(C)(C)NC(=O)c1ccccc1NC(=O)[C@H]1CC(=O)N(C2CCCCC2)C1. The van der Waals surface area contributed by atoms with E-state index in [4.69, 9.17) is 0 Å². The first-order valence-corrected chi connectivity index (χ1v) is 10.3. The molecule has 0 bridgehead atoms. The summed E-state index contributed by atoms with van der Waals surface area (Å²) in [5.41, 5.74) is 0.545. The Labute approximate surface area is 167 Å². The molecule has 6 nitrogen and oxygen atoms in total. The van der Waals surface area contributed by atoms with Gasteiger partial charge in [-0.2, -0.15) is 0 Å². The lowest BCUT2D eigenvalue weighted by Gasteiger charge is -2.31. The van der Waals surface area contributed by atoms with Crippen molar-refractivity contribution in [1.29, 1.82) is 0 Å². The number of rotatable bonds is 4. The van der Waals surface area contributed by atoms with Crippen LogP contribution < -0.4 is 10.6 Å². The third-order valence-corrected chi connectivity index (χ3v) is 5.46. The molecule has 3 amide bonds. The van der Waals surface area contributed by atoms with Crippen LogP contribution in [-0.4, -0.2) is 40.7 Å². The number of hydrogen-bond donors (Lipinski definition) is 2. The number of carbonyl (C=O) groups excluding carboxylic acids is 3. The highest BCUT2D eigenvalue weighted by molar-refractivity contribution is 6.05. The topological polar surface area (TPSA) is 78.5 Å². The van der Waals surface area contributed by atoms with Gasteiger partial charge in [0.2, 0.25) is 11.8 Å². The molecule has 0 unspecified atom stereocenters. The first kappa shape index (κ1) is 20.4. The van der Waals surface area contributed by atoms with Crippen LogP contribution >= 0.6 is 0 Å². The maximum atomic E-state index is 12.8. The van der Waals surface area contributed by atoms with Crippen LogP contribution in [0.5, 0.6) is 0 Å². The van der Waals surface area contributed by atoms with Gasteiger partial charge in [-0.15, -0.1) is 0 Å². The number of likely N-dealkylation sites (tertiary alicyclic amines) is 1. The fourth-order valence-corrected chi connectivity index (χ4v) is 4.09. The summed E-state index contributed by atoms with van der Waals surface area (Å²) < 4.78 is 0. The summed E-state index contributed by atoms with van der Waals surface area (Å²) in [7, 11) is 0. The van der Waals surface area contributed by atoms with Crippen LogP contribution in [0.15, 0.2) is 24.3 Å². The first-order valence-electron chi connectivity index (χ1n) is 10.3. The Bertz CT molecular complexity index is 748. The number of nitrogens with one attached hydrogen (secondary N) is 2. The van der Waals surface area contributed by atoms with Crippen LogP contribution in [0, 0.1) is 5.92 Å². The molecule has 1 saturated heterocycles. The van der Waals surface area contributed by atoms with Gasteiger partial charge in [-0.25, -0.2) is 0 Å². The van der Waals surface area contributed by atoms with Gasteiger partial charge in [-0.05, 0) is 45.7 Å². The minimum atomic E-state index is -0.368. The van der Waals surface area contributed by atoms with Crippen LogP contribution in [0.4, 0.5) is 5.69 Å². The number of carbonyl (C=O) groups is 3. The van der Waals surface area contributed by atoms with E-state index in [0.29, 0.717) is 17.8 Å². The Kier molecular flexibility index (Phi) is 6.06. The number of anilines is 1. The average molecular weight is 386 g/mol. The largest absolute Gasteiger partial charge is 0.347 e. The van der Waals surface area contributed by atoms with Crippen molar-refractivity contribution in [3.05, 3.63) is 29.8 Å². The van der Waals surface area contributed by atoms with E-state index in [2.05, 4.69) is 10.6 Å². The van der Waals surface area contributed by atoms with Crippen LogP contribution in [0.25, 0.3) is 0 Å². The molecule has 1 aliphatic carbocycles. The van der Waals surface area contributed by atoms with E-state index in [1.54, 1.807) is 24.3 Å². The molecule has 1 aromatic carbocycles. The molecule has 0 radical (unpaired) electrons. The zero-order valence-corrected chi connectivity index (χ0v) is 17.1. The van der Waals surface area contributed by atoms with E-state index in [1.807, 2.05) is 25.7 Å². The third-order valence-electron chi connectivity index (χ3n) is 5.46. The Hall–Kier alpha value is -2.37. The molecule has 1 heterocycles. The molecule has 152 valence electrons. The highest BCUT2D eigenvalue weighted by Crippen LogP contribution is 2.29. The lowest BCUT2D eigenvalue weighted by molar-refractivity contribution is -0.130. The predicted molar refractivity (Wildman–Crippen MR) is 109 cm³/mol. The molecular formula is C22H31N3O3. The molecule has 1 aliphatic heterocycles. The molecule has 1 saturated carbocycles. The van der Waals surface area contributed by atoms with Crippen molar-refractivity contribution in [2.24, 2.45) is 5.92 Å². The fourth-order valence-electron chi connectivity index (χ4n) is 4.09. The van der Waals surface area contributed by atoms with Gasteiger partial charge in [0.05, 0.1) is 17.2 Å². The van der Waals surface area contributed by atoms with Gasteiger partial charge in [0.25, 0.3) is 5.91 Å². The molecular weight excluding hydrogens is 354 g/mol. The predicted octanol–water partition coefficient (Wildman–Crippen LogP) is 3.33. The second-order valence-corrected chi connectivity index (χ2v) is 8.98. The second kappa shape index (κ2) is 8.33. The zero-order chi connectivity index (χ0) is 20.3. The van der Waals surface area contributed by atoms with Gasteiger partial charge >= 0.3 is 0 Å². The summed E-state index contributed by atoms with van der Waals surface area (Å²) in [4.78, 5) is 39.8. The Morgan fingerprint density at radius 3 is 2.43 bits per heavy atom. The van der Waals surface area contributed by atoms with Crippen LogP contribution in [0.2, 0.25) is 0 Å². The van der Waals surface area contributed by atoms with Gasteiger partial charge < -0.3 is 15.5 Å². The molecule has 3 rings (SSSR count). The molecule has 1 atom stereocenters. The molecule has 2 N–H and O–H groups in total. The number of benzene rings is 1. The highest BCUT2D eigenvalue weighted by atomic mass is 16.2. The lowest BCUT2D eigenvalue weighted by Crippen LogP contribution is -2.41. The standard InChI is InChI=1S/C22H31N3O3/c1-22(2,3)24-21(28)17-11-7-8-12-18(17)23-20(27)15-13-19(26)25(14-15)16-9-5-4-6-10-16/h7-8,11-12,15-16H,4-6,9-10,13-14H2,1-3H3,(H,23,27)(H,24,28)/t15-/m0/s1. The van der Waals surface area contributed by atoms with Crippen molar-refractivity contribution in [2.75, 3.05) is 11.9 Å². The fraction of sp³-hybridized carbons (Fsp3) is 0.591. The Balaban J connectivity index is 1.67. The minimum Gasteiger partial charge on any atom is -0.347 e. The molecule has 2 fully saturated rings. The lowest BCUT2D eigenvalue weighted by atomic mass is 9.94. The number of hydrogen-bond acceptors (Lipinski definition) is 3. The van der Waals surface area contributed by atoms with E-state index in [-0.39, 0.29) is 41.6 Å². The van der Waals surface area contributed by atoms with Gasteiger partial charge in [0.1, 0.15) is 0 Å². The smallest absolute Gasteiger partial charge is 0.253 e. The quantitative estimate of drug-likeness (QED) is 0.834. The molecule has 0 aromatic heterocycles. The average Bonchev–Trinajstić information content (AvgIpc) is 3.03. The summed E-state index contributed by atoms with van der Waals surface area (Å²) in [6.45, 7) is 6.22. The monoisotopic (exact) mass is 385 g/mol.